The lowest BCUT2D eigenvalue weighted by Crippen LogP contribution is -2.33. The van der Waals surface area contributed by atoms with E-state index in [0.29, 0.717) is 18.9 Å². The molecule has 0 radical (unpaired) electrons. The number of hydrogen-bond donors (Lipinski definition) is 1. The molecule has 0 fully saturated rings. The third-order valence-electron chi connectivity index (χ3n) is 3.07. The van der Waals surface area contributed by atoms with Crippen molar-refractivity contribution in [2.24, 2.45) is 5.73 Å². The molecule has 1 aromatic carbocycles. The molecule has 0 heterocycles. The number of nitrogens with two attached hydrogens (primary N) is 1. The van der Waals surface area contributed by atoms with Crippen LogP contribution in [-0.2, 0) is 9.53 Å². The molecule has 0 aromatic heterocycles. The minimum absolute atomic E-state index is 0.401. The highest BCUT2D eigenvalue weighted by atomic mass is 16.5. The van der Waals surface area contributed by atoms with E-state index in [1.165, 1.54) is 12.7 Å². The van der Waals surface area contributed by atoms with Crippen molar-refractivity contribution in [2.75, 3.05) is 13.7 Å². The van der Waals surface area contributed by atoms with Crippen molar-refractivity contribution >= 4 is 5.97 Å². The second-order valence-corrected chi connectivity index (χ2v) is 4.95. The largest absolute Gasteiger partial charge is 0.493 e. The average molecular weight is 265 g/mol. The Morgan fingerprint density at radius 2 is 2.05 bits per heavy atom. The summed E-state index contributed by atoms with van der Waals surface area (Å²) in [6.45, 7) is 6.68. The first-order valence-electron chi connectivity index (χ1n) is 6.52. The molecule has 2 N–H and O–H groups in total. The zero-order chi connectivity index (χ0) is 14.4. The summed E-state index contributed by atoms with van der Waals surface area (Å²) in [4.78, 5) is 11.2. The van der Waals surface area contributed by atoms with Crippen molar-refractivity contribution in [2.45, 2.75) is 39.2 Å². The molecule has 0 saturated carbocycles. The van der Waals surface area contributed by atoms with Crippen LogP contribution in [0.1, 0.15) is 37.3 Å². The van der Waals surface area contributed by atoms with Crippen LogP contribution in [0.5, 0.6) is 5.75 Å². The van der Waals surface area contributed by atoms with Crippen molar-refractivity contribution in [3.63, 3.8) is 0 Å². The maximum Gasteiger partial charge on any atom is 0.322 e. The van der Waals surface area contributed by atoms with E-state index in [0.717, 1.165) is 11.3 Å². The first kappa shape index (κ1) is 15.5. The van der Waals surface area contributed by atoms with Gasteiger partial charge in [0.15, 0.2) is 0 Å². The minimum atomic E-state index is -0.626. The monoisotopic (exact) mass is 265 g/mol. The quantitative estimate of drug-likeness (QED) is 0.802. The fourth-order valence-electron chi connectivity index (χ4n) is 1.70. The zero-order valence-electron chi connectivity index (χ0n) is 12.1. The highest BCUT2D eigenvalue weighted by Gasteiger charge is 2.13. The highest BCUT2D eigenvalue weighted by Crippen LogP contribution is 2.24. The van der Waals surface area contributed by atoms with Crippen LogP contribution in [0.15, 0.2) is 18.2 Å². The van der Waals surface area contributed by atoms with Gasteiger partial charge in [0, 0.05) is 6.42 Å². The molecule has 0 saturated heterocycles. The summed E-state index contributed by atoms with van der Waals surface area (Å²) in [6.07, 6.45) is 0.442. The number of esters is 1. The Kier molecular flexibility index (Phi) is 5.83. The van der Waals surface area contributed by atoms with Crippen LogP contribution in [-0.4, -0.2) is 25.7 Å². The standard InChI is InChI=1S/C15H23NO3/c1-10(2)12-6-5-11(3)14(9-12)19-8-7-13(16)15(17)18-4/h5-6,9-10,13H,7-8,16H2,1-4H3. The summed E-state index contributed by atoms with van der Waals surface area (Å²) in [7, 11) is 1.33. The molecule has 1 unspecified atom stereocenters. The molecule has 0 spiro atoms. The first-order valence-corrected chi connectivity index (χ1v) is 6.52. The van der Waals surface area contributed by atoms with Gasteiger partial charge in [0.05, 0.1) is 13.7 Å². The van der Waals surface area contributed by atoms with Crippen LogP contribution in [0.25, 0.3) is 0 Å². The van der Waals surface area contributed by atoms with Gasteiger partial charge in [0.25, 0.3) is 0 Å². The molecule has 1 aromatic rings. The van der Waals surface area contributed by atoms with E-state index >= 15 is 0 Å². The van der Waals surface area contributed by atoms with E-state index in [2.05, 4.69) is 24.7 Å². The summed E-state index contributed by atoms with van der Waals surface area (Å²) in [5.41, 5.74) is 7.97. The fourth-order valence-corrected chi connectivity index (χ4v) is 1.70. The number of aryl methyl sites for hydroxylation is 1. The molecular weight excluding hydrogens is 242 g/mol. The van der Waals surface area contributed by atoms with Gasteiger partial charge in [-0.2, -0.15) is 0 Å². The van der Waals surface area contributed by atoms with Crippen LogP contribution < -0.4 is 10.5 Å². The van der Waals surface area contributed by atoms with Crippen LogP contribution in [0.3, 0.4) is 0 Å². The van der Waals surface area contributed by atoms with E-state index in [1.54, 1.807) is 0 Å². The van der Waals surface area contributed by atoms with Crippen molar-refractivity contribution in [1.82, 2.24) is 0 Å². The topological polar surface area (TPSA) is 61.5 Å². The predicted molar refractivity (Wildman–Crippen MR) is 75.4 cm³/mol. The third-order valence-corrected chi connectivity index (χ3v) is 3.07. The van der Waals surface area contributed by atoms with Crippen LogP contribution in [0.4, 0.5) is 0 Å². The number of ether oxygens (including phenoxy) is 2. The molecule has 19 heavy (non-hydrogen) atoms. The van der Waals surface area contributed by atoms with Crippen molar-refractivity contribution in [3.8, 4) is 5.75 Å². The second-order valence-electron chi connectivity index (χ2n) is 4.95. The Morgan fingerprint density at radius 3 is 2.63 bits per heavy atom. The molecule has 0 aliphatic carbocycles. The smallest absolute Gasteiger partial charge is 0.322 e. The predicted octanol–water partition coefficient (Wildman–Crippen LogP) is 2.39. The van der Waals surface area contributed by atoms with Gasteiger partial charge in [0.1, 0.15) is 11.8 Å². The van der Waals surface area contributed by atoms with Gasteiger partial charge < -0.3 is 15.2 Å². The molecule has 0 aliphatic heterocycles. The molecule has 106 valence electrons. The molecule has 0 amide bonds. The van der Waals surface area contributed by atoms with Gasteiger partial charge in [-0.15, -0.1) is 0 Å². The molecule has 4 nitrogen and oxygen atoms in total. The number of rotatable bonds is 6. The van der Waals surface area contributed by atoms with Crippen molar-refractivity contribution < 1.29 is 14.3 Å². The maximum atomic E-state index is 11.2. The number of benzene rings is 1. The normalized spacial score (nSPS) is 12.3. The van der Waals surface area contributed by atoms with E-state index < -0.39 is 12.0 Å². The zero-order valence-corrected chi connectivity index (χ0v) is 12.1. The number of methoxy groups -OCH3 is 1. The molecule has 0 aliphatic rings. The Balaban J connectivity index is 2.58. The molecule has 4 heteroatoms. The Morgan fingerprint density at radius 1 is 1.37 bits per heavy atom. The molecular formula is C15H23NO3. The molecule has 1 atom stereocenters. The van der Waals surface area contributed by atoms with E-state index in [4.69, 9.17) is 10.5 Å². The summed E-state index contributed by atoms with van der Waals surface area (Å²) in [5.74, 6) is 0.903. The summed E-state index contributed by atoms with van der Waals surface area (Å²) >= 11 is 0. The van der Waals surface area contributed by atoms with Crippen molar-refractivity contribution in [1.29, 1.82) is 0 Å². The number of carbonyl (C=O) groups is 1. The summed E-state index contributed by atoms with van der Waals surface area (Å²) < 4.78 is 10.3. The van der Waals surface area contributed by atoms with Gasteiger partial charge in [-0.3, -0.25) is 4.79 Å². The lowest BCUT2D eigenvalue weighted by molar-refractivity contribution is -0.142. The SMILES string of the molecule is COC(=O)C(N)CCOc1cc(C(C)C)ccc1C. The van der Waals surface area contributed by atoms with Crippen molar-refractivity contribution in [3.05, 3.63) is 29.3 Å². The molecule has 1 rings (SSSR count). The van der Waals surface area contributed by atoms with E-state index in [-0.39, 0.29) is 0 Å². The highest BCUT2D eigenvalue weighted by molar-refractivity contribution is 5.75. The van der Waals surface area contributed by atoms with Crippen LogP contribution in [0.2, 0.25) is 0 Å². The Hall–Kier alpha value is -1.55. The third kappa shape index (κ3) is 4.56. The van der Waals surface area contributed by atoms with Gasteiger partial charge >= 0.3 is 5.97 Å². The Labute approximate surface area is 114 Å². The van der Waals surface area contributed by atoms with E-state index in [9.17, 15) is 4.79 Å². The molecule has 0 bridgehead atoms. The Bertz CT molecular complexity index is 429. The minimum Gasteiger partial charge on any atom is -0.493 e. The average Bonchev–Trinajstić information content (AvgIpc) is 2.39. The van der Waals surface area contributed by atoms with Gasteiger partial charge in [0.2, 0.25) is 0 Å². The fraction of sp³-hybridized carbons (Fsp3) is 0.533. The summed E-state index contributed by atoms with van der Waals surface area (Å²) in [5, 5.41) is 0. The number of hydrogen-bond acceptors (Lipinski definition) is 4. The van der Waals surface area contributed by atoms with Crippen LogP contribution in [0, 0.1) is 6.92 Å². The van der Waals surface area contributed by atoms with E-state index in [1.807, 2.05) is 19.1 Å². The van der Waals surface area contributed by atoms with Crippen LogP contribution >= 0.6 is 0 Å². The lowest BCUT2D eigenvalue weighted by atomic mass is 10.0. The van der Waals surface area contributed by atoms with Gasteiger partial charge in [-0.05, 0) is 30.0 Å². The maximum absolute atomic E-state index is 11.2. The van der Waals surface area contributed by atoms with Gasteiger partial charge in [-0.1, -0.05) is 26.0 Å². The second kappa shape index (κ2) is 7.14. The number of carbonyl (C=O) groups excluding carboxylic acids is 1. The lowest BCUT2D eigenvalue weighted by Gasteiger charge is -2.14. The summed E-state index contributed by atoms with van der Waals surface area (Å²) in [6, 6.07) is 5.57. The van der Waals surface area contributed by atoms with Gasteiger partial charge in [-0.25, -0.2) is 0 Å². The first-order chi connectivity index (χ1) is 8.95.